The van der Waals surface area contributed by atoms with E-state index in [0.29, 0.717) is 24.1 Å². The summed E-state index contributed by atoms with van der Waals surface area (Å²) in [7, 11) is 1.59. The molecule has 1 heterocycles. The predicted octanol–water partition coefficient (Wildman–Crippen LogP) is 4.35. The van der Waals surface area contributed by atoms with Crippen molar-refractivity contribution in [3.63, 3.8) is 0 Å². The normalized spacial score (nSPS) is 11.7. The number of aromatic nitrogens is 1. The molecular formula is C17H22F3IN4OS. The minimum absolute atomic E-state index is 0. The topological polar surface area (TPSA) is 58.5 Å². The Hall–Kier alpha value is -1.56. The summed E-state index contributed by atoms with van der Waals surface area (Å²) in [6, 6.07) is 5.92. The van der Waals surface area contributed by atoms with E-state index in [9.17, 15) is 13.2 Å². The number of benzene rings is 1. The molecule has 0 aliphatic carbocycles. The zero-order valence-electron chi connectivity index (χ0n) is 15.2. The summed E-state index contributed by atoms with van der Waals surface area (Å²) in [5, 5.41) is 7.43. The van der Waals surface area contributed by atoms with Crippen LogP contribution in [0.1, 0.15) is 28.8 Å². The number of ether oxygens (including phenoxy) is 1. The van der Waals surface area contributed by atoms with E-state index < -0.39 is 11.9 Å². The van der Waals surface area contributed by atoms with Gasteiger partial charge in [0.15, 0.2) is 11.7 Å². The summed E-state index contributed by atoms with van der Waals surface area (Å²) >= 11 is 0.958. The Morgan fingerprint density at radius 2 is 1.96 bits per heavy atom. The molecule has 27 heavy (non-hydrogen) atoms. The number of alkyl halides is 3. The van der Waals surface area contributed by atoms with Gasteiger partial charge >= 0.3 is 6.18 Å². The molecule has 0 aliphatic heterocycles. The van der Waals surface area contributed by atoms with E-state index in [1.54, 1.807) is 7.05 Å². The third kappa shape index (κ3) is 7.17. The second-order valence-corrected chi connectivity index (χ2v) is 6.39. The van der Waals surface area contributed by atoms with Crippen molar-refractivity contribution < 1.29 is 17.9 Å². The van der Waals surface area contributed by atoms with Crippen LogP contribution < -0.4 is 15.4 Å². The van der Waals surface area contributed by atoms with Crippen LogP contribution in [-0.2, 0) is 19.3 Å². The second-order valence-electron chi connectivity index (χ2n) is 5.45. The van der Waals surface area contributed by atoms with E-state index in [4.69, 9.17) is 4.74 Å². The number of rotatable bonds is 6. The minimum atomic E-state index is -4.42. The monoisotopic (exact) mass is 514 g/mol. The highest BCUT2D eigenvalue weighted by Crippen LogP contribution is 2.29. The van der Waals surface area contributed by atoms with Crippen molar-refractivity contribution in [3.05, 3.63) is 45.4 Å². The van der Waals surface area contributed by atoms with Crippen LogP contribution in [-0.4, -0.2) is 24.6 Å². The minimum Gasteiger partial charge on any atom is -0.494 e. The number of halogens is 4. The van der Waals surface area contributed by atoms with Gasteiger partial charge in [-0.2, -0.15) is 13.2 Å². The number of hydrogen-bond donors (Lipinski definition) is 2. The molecule has 10 heteroatoms. The maximum absolute atomic E-state index is 12.6. The van der Waals surface area contributed by atoms with Crippen molar-refractivity contribution in [2.75, 3.05) is 13.7 Å². The summed E-state index contributed by atoms with van der Waals surface area (Å²) in [5.74, 6) is 1.27. The van der Waals surface area contributed by atoms with Gasteiger partial charge in [-0.1, -0.05) is 12.1 Å². The van der Waals surface area contributed by atoms with Crippen LogP contribution in [0.5, 0.6) is 5.75 Å². The largest absolute Gasteiger partial charge is 0.494 e. The predicted molar refractivity (Wildman–Crippen MR) is 112 cm³/mol. The molecule has 2 rings (SSSR count). The van der Waals surface area contributed by atoms with Crippen molar-refractivity contribution >= 4 is 41.3 Å². The van der Waals surface area contributed by atoms with Crippen LogP contribution in [0.25, 0.3) is 0 Å². The maximum atomic E-state index is 12.6. The summed E-state index contributed by atoms with van der Waals surface area (Å²) in [4.78, 5) is 7.66. The summed E-state index contributed by atoms with van der Waals surface area (Å²) in [6.07, 6.45) is -4.42. The van der Waals surface area contributed by atoms with Crippen molar-refractivity contribution in [3.8, 4) is 5.75 Å². The fourth-order valence-corrected chi connectivity index (χ4v) is 2.92. The molecule has 0 bridgehead atoms. The number of aryl methyl sites for hydroxylation is 1. The molecule has 0 spiro atoms. The molecule has 2 aromatic rings. The number of aliphatic imine (C=N–C) groups is 1. The molecule has 0 aliphatic rings. The third-order valence-electron chi connectivity index (χ3n) is 3.44. The van der Waals surface area contributed by atoms with Gasteiger partial charge in [-0.3, -0.25) is 4.99 Å². The van der Waals surface area contributed by atoms with E-state index in [1.165, 1.54) is 0 Å². The zero-order chi connectivity index (χ0) is 19.2. The maximum Gasteiger partial charge on any atom is 0.434 e. The van der Waals surface area contributed by atoms with Gasteiger partial charge in [0.1, 0.15) is 10.8 Å². The number of nitrogens with one attached hydrogen (secondary N) is 2. The van der Waals surface area contributed by atoms with Crippen LogP contribution in [0.3, 0.4) is 0 Å². The van der Waals surface area contributed by atoms with Crippen molar-refractivity contribution in [1.82, 2.24) is 15.6 Å². The molecule has 2 N–H and O–H groups in total. The van der Waals surface area contributed by atoms with E-state index in [1.807, 2.05) is 32.0 Å². The van der Waals surface area contributed by atoms with Gasteiger partial charge in [-0.25, -0.2) is 4.98 Å². The van der Waals surface area contributed by atoms with Gasteiger partial charge in [0, 0.05) is 24.5 Å². The average molecular weight is 514 g/mol. The second kappa shape index (κ2) is 10.7. The van der Waals surface area contributed by atoms with Crippen molar-refractivity contribution in [2.45, 2.75) is 33.1 Å². The van der Waals surface area contributed by atoms with E-state index in [-0.39, 0.29) is 30.5 Å². The first kappa shape index (κ1) is 23.5. The number of hydrogen-bond acceptors (Lipinski definition) is 4. The molecule has 0 atom stereocenters. The molecule has 0 saturated heterocycles. The van der Waals surface area contributed by atoms with Crippen LogP contribution >= 0.6 is 35.3 Å². The molecule has 0 saturated carbocycles. The lowest BCUT2D eigenvalue weighted by Gasteiger charge is -2.14. The van der Waals surface area contributed by atoms with Gasteiger partial charge < -0.3 is 15.4 Å². The molecule has 150 valence electrons. The molecule has 1 aromatic carbocycles. The Kier molecular flexibility index (Phi) is 9.30. The molecule has 0 radical (unpaired) electrons. The lowest BCUT2D eigenvalue weighted by molar-refractivity contribution is -0.140. The van der Waals surface area contributed by atoms with Crippen molar-refractivity contribution in [1.29, 1.82) is 0 Å². The van der Waals surface area contributed by atoms with E-state index in [2.05, 4.69) is 20.6 Å². The lowest BCUT2D eigenvalue weighted by Crippen LogP contribution is -2.36. The van der Waals surface area contributed by atoms with Crippen molar-refractivity contribution in [2.24, 2.45) is 4.99 Å². The van der Waals surface area contributed by atoms with Crippen LogP contribution in [0.2, 0.25) is 0 Å². The summed E-state index contributed by atoms with van der Waals surface area (Å²) < 4.78 is 43.4. The highest BCUT2D eigenvalue weighted by molar-refractivity contribution is 14.0. The highest BCUT2D eigenvalue weighted by atomic mass is 127. The van der Waals surface area contributed by atoms with Gasteiger partial charge in [0.2, 0.25) is 0 Å². The Morgan fingerprint density at radius 1 is 1.26 bits per heavy atom. The van der Waals surface area contributed by atoms with Crippen LogP contribution in [0.15, 0.2) is 28.6 Å². The third-order valence-corrected chi connectivity index (χ3v) is 4.29. The molecule has 0 fully saturated rings. The van der Waals surface area contributed by atoms with Gasteiger partial charge in [0.25, 0.3) is 0 Å². The zero-order valence-corrected chi connectivity index (χ0v) is 18.3. The molecular weight excluding hydrogens is 492 g/mol. The van der Waals surface area contributed by atoms with E-state index in [0.717, 1.165) is 33.6 Å². The number of nitrogens with zero attached hydrogens (tertiary/aromatic N) is 2. The SMILES string of the molecule is CCOc1cc(C)ccc1CNC(=NC)NCc1nc(C(F)(F)F)cs1.I. The smallest absolute Gasteiger partial charge is 0.434 e. The standard InChI is InChI=1S/C17H21F3N4OS.HI/c1-4-25-13-7-11(2)5-6-12(13)8-22-16(21-3)23-9-15-24-14(10-26-15)17(18,19)20;/h5-7,10H,4,8-9H2,1-3H3,(H2,21,22,23);1H. The fourth-order valence-electron chi connectivity index (χ4n) is 2.18. The van der Waals surface area contributed by atoms with Gasteiger partial charge in [-0.15, -0.1) is 35.3 Å². The van der Waals surface area contributed by atoms with Gasteiger partial charge in [-0.05, 0) is 25.5 Å². The first-order chi connectivity index (χ1) is 12.3. The molecule has 0 unspecified atom stereocenters. The molecule has 1 aromatic heterocycles. The molecule has 0 amide bonds. The number of guanidine groups is 1. The van der Waals surface area contributed by atoms with Gasteiger partial charge in [0.05, 0.1) is 13.2 Å². The first-order valence-electron chi connectivity index (χ1n) is 8.02. The fraction of sp³-hybridized carbons (Fsp3) is 0.412. The Morgan fingerprint density at radius 3 is 2.56 bits per heavy atom. The van der Waals surface area contributed by atoms with Crippen LogP contribution in [0.4, 0.5) is 13.2 Å². The Balaban J connectivity index is 0.00000364. The quantitative estimate of drug-likeness (QED) is 0.342. The lowest BCUT2D eigenvalue weighted by atomic mass is 10.1. The Bertz CT molecular complexity index is 765. The summed E-state index contributed by atoms with van der Waals surface area (Å²) in [6.45, 7) is 5.11. The number of thiazole rings is 1. The summed E-state index contributed by atoms with van der Waals surface area (Å²) in [5.41, 5.74) is 1.20. The Labute approximate surface area is 177 Å². The van der Waals surface area contributed by atoms with Crippen LogP contribution in [0, 0.1) is 6.92 Å². The highest BCUT2D eigenvalue weighted by Gasteiger charge is 2.33. The molecule has 5 nitrogen and oxygen atoms in total. The first-order valence-corrected chi connectivity index (χ1v) is 8.90. The van der Waals surface area contributed by atoms with E-state index >= 15 is 0 Å². The average Bonchev–Trinajstić information content (AvgIpc) is 3.06.